The van der Waals surface area contributed by atoms with Gasteiger partial charge in [0.2, 0.25) is 5.55 Å². The predicted molar refractivity (Wildman–Crippen MR) is 109 cm³/mol. The van der Waals surface area contributed by atoms with Crippen molar-refractivity contribution in [2.45, 2.75) is 0 Å². The summed E-state index contributed by atoms with van der Waals surface area (Å²) in [7, 11) is 1.58. The molecule has 0 atom stereocenters. The summed E-state index contributed by atoms with van der Waals surface area (Å²) in [4.78, 5) is 17.4. The summed E-state index contributed by atoms with van der Waals surface area (Å²) >= 11 is 0. The Kier molecular flexibility index (Phi) is 5.07. The van der Waals surface area contributed by atoms with Crippen LogP contribution in [0.25, 0.3) is 11.0 Å². The van der Waals surface area contributed by atoms with E-state index in [2.05, 4.69) is 10.3 Å². The van der Waals surface area contributed by atoms with Crippen LogP contribution in [0.3, 0.4) is 0 Å². The maximum Gasteiger partial charge on any atom is 0.261 e. The van der Waals surface area contributed by atoms with Crippen molar-refractivity contribution < 1.29 is 18.3 Å². The van der Waals surface area contributed by atoms with Crippen LogP contribution < -0.4 is 15.6 Å². The van der Waals surface area contributed by atoms with Gasteiger partial charge < -0.3 is 14.5 Å². The number of benzene rings is 3. The highest BCUT2D eigenvalue weighted by molar-refractivity contribution is 6.05. The number of ether oxygens (including phenoxy) is 1. The molecule has 0 spiro atoms. The molecule has 144 valence electrons. The van der Waals surface area contributed by atoms with Crippen LogP contribution in [-0.4, -0.2) is 13.0 Å². The highest BCUT2D eigenvalue weighted by Crippen LogP contribution is 2.19. The van der Waals surface area contributed by atoms with E-state index in [4.69, 9.17) is 9.15 Å². The number of para-hydroxylation sites is 2. The van der Waals surface area contributed by atoms with E-state index in [1.165, 1.54) is 12.1 Å². The lowest BCUT2D eigenvalue weighted by Gasteiger charge is -2.08. The lowest BCUT2D eigenvalue weighted by atomic mass is 10.1. The van der Waals surface area contributed by atoms with Gasteiger partial charge in [-0.15, -0.1) is 0 Å². The molecule has 1 N–H and O–H groups in total. The Balaban J connectivity index is 1.82. The molecular formula is C23H17FN2O3. The summed E-state index contributed by atoms with van der Waals surface area (Å²) < 4.78 is 25.0. The van der Waals surface area contributed by atoms with Gasteiger partial charge in [0, 0.05) is 5.39 Å². The van der Waals surface area contributed by atoms with Gasteiger partial charge >= 0.3 is 0 Å². The summed E-state index contributed by atoms with van der Waals surface area (Å²) in [5.74, 6) is -0.346. The van der Waals surface area contributed by atoms with Crippen LogP contribution in [0.2, 0.25) is 0 Å². The highest BCUT2D eigenvalue weighted by atomic mass is 19.1. The van der Waals surface area contributed by atoms with E-state index < -0.39 is 11.7 Å². The fourth-order valence-corrected chi connectivity index (χ4v) is 2.84. The van der Waals surface area contributed by atoms with Crippen molar-refractivity contribution in [3.63, 3.8) is 0 Å². The molecule has 0 bridgehead atoms. The first kappa shape index (κ1) is 18.4. The third-order valence-corrected chi connectivity index (χ3v) is 4.33. The summed E-state index contributed by atoms with van der Waals surface area (Å²) in [6.07, 6.45) is 0. The van der Waals surface area contributed by atoms with Gasteiger partial charge in [-0.05, 0) is 48.5 Å². The molecule has 0 saturated heterocycles. The van der Waals surface area contributed by atoms with Crippen molar-refractivity contribution in [1.82, 2.24) is 0 Å². The lowest BCUT2D eigenvalue weighted by molar-refractivity contribution is 0.102. The zero-order valence-corrected chi connectivity index (χ0v) is 15.6. The molecule has 0 unspecified atom stereocenters. The Morgan fingerprint density at radius 1 is 1.00 bits per heavy atom. The second kappa shape index (κ2) is 7.98. The van der Waals surface area contributed by atoms with E-state index in [1.807, 2.05) is 18.2 Å². The smallest absolute Gasteiger partial charge is 0.261 e. The lowest BCUT2D eigenvalue weighted by Crippen LogP contribution is -2.22. The van der Waals surface area contributed by atoms with Gasteiger partial charge in [0.1, 0.15) is 22.7 Å². The maximum atomic E-state index is 14.0. The SMILES string of the molecule is COc1ccc(N=c2oc3ccccc3cc2C(=O)Nc2ccccc2F)cc1. The summed E-state index contributed by atoms with van der Waals surface area (Å²) in [5.41, 5.74) is 1.58. The fourth-order valence-electron chi connectivity index (χ4n) is 2.84. The molecule has 6 heteroatoms. The third-order valence-electron chi connectivity index (χ3n) is 4.33. The van der Waals surface area contributed by atoms with Crippen LogP contribution >= 0.6 is 0 Å². The number of carbonyl (C=O) groups is 1. The summed E-state index contributed by atoms with van der Waals surface area (Å²) in [6.45, 7) is 0. The Morgan fingerprint density at radius 2 is 1.72 bits per heavy atom. The van der Waals surface area contributed by atoms with Crippen LogP contribution in [0.15, 0.2) is 88.3 Å². The summed E-state index contributed by atoms with van der Waals surface area (Å²) in [5, 5.41) is 3.32. The molecule has 1 heterocycles. The number of nitrogens with one attached hydrogen (secondary N) is 1. The fraction of sp³-hybridized carbons (Fsp3) is 0.0435. The molecule has 4 aromatic rings. The Morgan fingerprint density at radius 3 is 2.48 bits per heavy atom. The zero-order valence-electron chi connectivity index (χ0n) is 15.6. The van der Waals surface area contributed by atoms with Crippen LogP contribution in [0, 0.1) is 5.82 Å². The quantitative estimate of drug-likeness (QED) is 0.531. The highest BCUT2D eigenvalue weighted by Gasteiger charge is 2.14. The zero-order chi connectivity index (χ0) is 20.2. The van der Waals surface area contributed by atoms with E-state index >= 15 is 0 Å². The number of fused-ring (bicyclic) bond motifs is 1. The number of hydrogen-bond acceptors (Lipinski definition) is 4. The molecule has 3 aromatic carbocycles. The van der Waals surface area contributed by atoms with E-state index in [9.17, 15) is 9.18 Å². The molecule has 0 saturated carbocycles. The Hall–Kier alpha value is -3.93. The van der Waals surface area contributed by atoms with Crippen LogP contribution in [0.5, 0.6) is 5.75 Å². The number of rotatable bonds is 4. The van der Waals surface area contributed by atoms with Crippen molar-refractivity contribution in [2.24, 2.45) is 4.99 Å². The molecular weight excluding hydrogens is 371 g/mol. The number of hydrogen-bond donors (Lipinski definition) is 1. The minimum absolute atomic E-state index is 0.0843. The number of amides is 1. The van der Waals surface area contributed by atoms with Crippen LogP contribution in [-0.2, 0) is 0 Å². The van der Waals surface area contributed by atoms with Gasteiger partial charge in [-0.3, -0.25) is 4.79 Å². The van der Waals surface area contributed by atoms with Gasteiger partial charge in [0.05, 0.1) is 18.5 Å². The molecule has 1 aromatic heterocycles. The first-order valence-electron chi connectivity index (χ1n) is 8.91. The summed E-state index contributed by atoms with van der Waals surface area (Å²) in [6, 6.07) is 22.0. The minimum atomic E-state index is -0.521. The molecule has 29 heavy (non-hydrogen) atoms. The van der Waals surface area contributed by atoms with Crippen LogP contribution in [0.4, 0.5) is 15.8 Å². The van der Waals surface area contributed by atoms with Crippen molar-refractivity contribution in [1.29, 1.82) is 0 Å². The van der Waals surface area contributed by atoms with Gasteiger partial charge in [0.15, 0.2) is 0 Å². The molecule has 1 amide bonds. The van der Waals surface area contributed by atoms with Gasteiger partial charge in [-0.25, -0.2) is 9.38 Å². The first-order chi connectivity index (χ1) is 14.1. The number of methoxy groups -OCH3 is 1. The van der Waals surface area contributed by atoms with Crippen molar-refractivity contribution >= 4 is 28.3 Å². The molecule has 4 rings (SSSR count). The molecule has 0 radical (unpaired) electrons. The molecule has 0 aliphatic rings. The second-order valence-corrected chi connectivity index (χ2v) is 6.25. The van der Waals surface area contributed by atoms with Crippen molar-refractivity contribution in [3.8, 4) is 5.75 Å². The molecule has 5 nitrogen and oxygen atoms in total. The third kappa shape index (κ3) is 4.01. The normalized spacial score (nSPS) is 11.4. The molecule has 0 aliphatic heterocycles. The monoisotopic (exact) mass is 388 g/mol. The Labute approximate surface area is 166 Å². The topological polar surface area (TPSA) is 63.8 Å². The van der Waals surface area contributed by atoms with Crippen molar-refractivity contribution in [2.75, 3.05) is 12.4 Å². The predicted octanol–water partition coefficient (Wildman–Crippen LogP) is 5.07. The van der Waals surface area contributed by atoms with Gasteiger partial charge in [-0.1, -0.05) is 30.3 Å². The number of nitrogens with zero attached hydrogens (tertiary/aromatic N) is 1. The van der Waals surface area contributed by atoms with Crippen LogP contribution in [0.1, 0.15) is 10.4 Å². The average Bonchev–Trinajstić information content (AvgIpc) is 2.75. The second-order valence-electron chi connectivity index (χ2n) is 6.25. The van der Waals surface area contributed by atoms with E-state index in [0.29, 0.717) is 17.0 Å². The minimum Gasteiger partial charge on any atom is -0.497 e. The van der Waals surface area contributed by atoms with E-state index in [1.54, 1.807) is 55.6 Å². The molecule has 0 aliphatic carbocycles. The number of halogens is 1. The van der Waals surface area contributed by atoms with E-state index in [-0.39, 0.29) is 16.8 Å². The van der Waals surface area contributed by atoms with E-state index in [0.717, 1.165) is 5.39 Å². The van der Waals surface area contributed by atoms with Gasteiger partial charge in [0.25, 0.3) is 5.91 Å². The first-order valence-corrected chi connectivity index (χ1v) is 8.91. The standard InChI is InChI=1S/C23H17FN2O3/c1-28-17-12-10-16(11-13-17)25-23-18(14-15-6-2-5-9-21(15)29-23)22(27)26-20-8-4-3-7-19(20)24/h2-14H,1H3,(H,26,27). The maximum absolute atomic E-state index is 14.0. The van der Waals surface area contributed by atoms with Gasteiger partial charge in [-0.2, -0.15) is 0 Å². The van der Waals surface area contributed by atoms with Crippen molar-refractivity contribution in [3.05, 3.63) is 95.8 Å². The number of anilines is 1. The largest absolute Gasteiger partial charge is 0.497 e. The molecule has 0 fully saturated rings. The average molecular weight is 388 g/mol. The Bertz CT molecular complexity index is 1250. The number of carbonyl (C=O) groups excluding carboxylic acids is 1.